The Kier molecular flexibility index (Phi) is 2.95. The number of anilines is 1. The van der Waals surface area contributed by atoms with Crippen molar-refractivity contribution in [2.24, 2.45) is 0 Å². The molecule has 96 valence electrons. The molecule has 2 aromatic rings. The Morgan fingerprint density at radius 1 is 1.44 bits per heavy atom. The minimum absolute atomic E-state index is 0.0480. The molecule has 8 heteroatoms. The molecule has 0 bridgehead atoms. The van der Waals surface area contributed by atoms with Crippen molar-refractivity contribution in [3.8, 4) is 0 Å². The maximum Gasteiger partial charge on any atom is 0.191 e. The molecule has 0 radical (unpaired) electrons. The number of rotatable bonds is 2. The second-order valence-corrected chi connectivity index (χ2v) is 8.56. The van der Waals surface area contributed by atoms with Gasteiger partial charge in [0.15, 0.2) is 15.0 Å². The average Bonchev–Trinajstić information content (AvgIpc) is 2.85. The van der Waals surface area contributed by atoms with Gasteiger partial charge < -0.3 is 5.73 Å². The number of hydrogen-bond donors (Lipinski definition) is 1. The van der Waals surface area contributed by atoms with E-state index in [0.717, 1.165) is 10.2 Å². The van der Waals surface area contributed by atoms with Gasteiger partial charge in [-0.15, -0.1) is 11.3 Å². The van der Waals surface area contributed by atoms with Crippen LogP contribution >= 0.6 is 23.1 Å². The minimum atomic E-state index is -2.86. The summed E-state index contributed by atoms with van der Waals surface area (Å²) in [5.41, 5.74) is 5.85. The number of thiophene rings is 1. The average molecular weight is 301 g/mol. The van der Waals surface area contributed by atoms with E-state index in [0.29, 0.717) is 17.4 Å². The van der Waals surface area contributed by atoms with Crippen LogP contribution in [0.4, 0.5) is 5.82 Å². The monoisotopic (exact) mass is 301 g/mol. The predicted molar refractivity (Wildman–Crippen MR) is 74.7 cm³/mol. The first kappa shape index (κ1) is 12.2. The lowest BCUT2D eigenvalue weighted by molar-refractivity contribution is 0.602. The number of nitrogens with zero attached hydrogens (tertiary/aromatic N) is 2. The lowest BCUT2D eigenvalue weighted by atomic mass is 10.4. The SMILES string of the molecule is Nc1nc(SC2CCS(=O)(=O)C2)nc2sccc12. The fourth-order valence-electron chi connectivity index (χ4n) is 1.91. The second kappa shape index (κ2) is 4.36. The highest BCUT2D eigenvalue weighted by Crippen LogP contribution is 2.32. The Bertz CT molecular complexity index is 695. The highest BCUT2D eigenvalue weighted by molar-refractivity contribution is 8.01. The molecule has 1 fully saturated rings. The molecule has 1 saturated heterocycles. The summed E-state index contributed by atoms with van der Waals surface area (Å²) in [6.07, 6.45) is 0.665. The Morgan fingerprint density at radius 2 is 2.28 bits per heavy atom. The molecule has 18 heavy (non-hydrogen) atoms. The summed E-state index contributed by atoms with van der Waals surface area (Å²) in [4.78, 5) is 9.48. The van der Waals surface area contributed by atoms with Gasteiger partial charge in [-0.1, -0.05) is 11.8 Å². The molecule has 5 nitrogen and oxygen atoms in total. The molecule has 3 rings (SSSR count). The summed E-state index contributed by atoms with van der Waals surface area (Å²) in [7, 11) is -2.86. The van der Waals surface area contributed by atoms with Gasteiger partial charge in [-0.25, -0.2) is 18.4 Å². The minimum Gasteiger partial charge on any atom is -0.383 e. The molecule has 3 heterocycles. The topological polar surface area (TPSA) is 85.9 Å². The summed E-state index contributed by atoms with van der Waals surface area (Å²) >= 11 is 2.92. The van der Waals surface area contributed by atoms with E-state index in [2.05, 4.69) is 9.97 Å². The van der Waals surface area contributed by atoms with Crippen LogP contribution in [0.1, 0.15) is 6.42 Å². The summed E-state index contributed by atoms with van der Waals surface area (Å²) in [5.74, 6) is 0.940. The maximum atomic E-state index is 11.4. The molecule has 1 aliphatic rings. The Labute approximate surface area is 113 Å². The van der Waals surface area contributed by atoms with Crippen LogP contribution in [-0.4, -0.2) is 35.1 Å². The molecule has 1 atom stereocenters. The van der Waals surface area contributed by atoms with Crippen molar-refractivity contribution in [2.75, 3.05) is 17.2 Å². The van der Waals surface area contributed by atoms with Gasteiger partial charge in [-0.05, 0) is 17.9 Å². The molecular formula is C10H11N3O2S3. The molecule has 0 amide bonds. The molecule has 1 unspecified atom stereocenters. The van der Waals surface area contributed by atoms with E-state index in [1.807, 2.05) is 11.4 Å². The van der Waals surface area contributed by atoms with E-state index in [9.17, 15) is 8.42 Å². The second-order valence-electron chi connectivity index (χ2n) is 4.17. The van der Waals surface area contributed by atoms with Crippen LogP contribution in [0.3, 0.4) is 0 Å². The smallest absolute Gasteiger partial charge is 0.191 e. The zero-order valence-corrected chi connectivity index (χ0v) is 11.8. The van der Waals surface area contributed by atoms with Crippen LogP contribution in [0.25, 0.3) is 10.2 Å². The quantitative estimate of drug-likeness (QED) is 0.847. The van der Waals surface area contributed by atoms with E-state index in [1.165, 1.54) is 23.1 Å². The van der Waals surface area contributed by atoms with Gasteiger partial charge in [-0.2, -0.15) is 0 Å². The van der Waals surface area contributed by atoms with Crippen LogP contribution < -0.4 is 5.73 Å². The first-order valence-electron chi connectivity index (χ1n) is 5.41. The standard InChI is InChI=1S/C10H11N3O2S3/c11-8-7-1-3-16-9(7)13-10(12-8)17-6-2-4-18(14,15)5-6/h1,3,6H,2,4-5H2,(H2,11,12,13). The third-order valence-corrected chi connectivity index (χ3v) is 6.71. The van der Waals surface area contributed by atoms with Gasteiger partial charge in [0.05, 0.1) is 16.9 Å². The van der Waals surface area contributed by atoms with Crippen molar-refractivity contribution in [3.63, 3.8) is 0 Å². The van der Waals surface area contributed by atoms with Crippen molar-refractivity contribution in [3.05, 3.63) is 11.4 Å². The first-order chi connectivity index (χ1) is 8.53. The van der Waals surface area contributed by atoms with Crippen LogP contribution in [0.5, 0.6) is 0 Å². The Morgan fingerprint density at radius 3 is 3.00 bits per heavy atom. The van der Waals surface area contributed by atoms with E-state index < -0.39 is 9.84 Å². The van der Waals surface area contributed by atoms with Crippen molar-refractivity contribution < 1.29 is 8.42 Å². The summed E-state index contributed by atoms with van der Waals surface area (Å²) < 4.78 is 22.8. The third-order valence-electron chi connectivity index (χ3n) is 2.80. The molecule has 0 aliphatic carbocycles. The summed E-state index contributed by atoms with van der Waals surface area (Å²) in [6, 6.07) is 1.89. The van der Waals surface area contributed by atoms with E-state index in [-0.39, 0.29) is 16.8 Å². The number of sulfone groups is 1. The first-order valence-corrected chi connectivity index (χ1v) is 8.99. The van der Waals surface area contributed by atoms with Crippen molar-refractivity contribution in [1.29, 1.82) is 0 Å². The van der Waals surface area contributed by atoms with Crippen molar-refractivity contribution in [2.45, 2.75) is 16.8 Å². The lowest BCUT2D eigenvalue weighted by Crippen LogP contribution is -2.07. The van der Waals surface area contributed by atoms with E-state index in [4.69, 9.17) is 5.73 Å². The van der Waals surface area contributed by atoms with Gasteiger partial charge >= 0.3 is 0 Å². The van der Waals surface area contributed by atoms with Gasteiger partial charge in [0, 0.05) is 5.25 Å². The fourth-order valence-corrected chi connectivity index (χ4v) is 6.16. The van der Waals surface area contributed by atoms with Gasteiger partial charge in [-0.3, -0.25) is 0 Å². The summed E-state index contributed by atoms with van der Waals surface area (Å²) in [6.45, 7) is 0. The van der Waals surface area contributed by atoms with Crippen LogP contribution in [0.2, 0.25) is 0 Å². The number of aromatic nitrogens is 2. The fraction of sp³-hybridized carbons (Fsp3) is 0.400. The molecule has 1 aliphatic heterocycles. The van der Waals surface area contributed by atoms with Crippen LogP contribution in [0.15, 0.2) is 16.6 Å². The molecule has 2 aromatic heterocycles. The lowest BCUT2D eigenvalue weighted by Gasteiger charge is -2.06. The van der Waals surface area contributed by atoms with E-state index in [1.54, 1.807) is 0 Å². The third kappa shape index (κ3) is 2.32. The van der Waals surface area contributed by atoms with Gasteiger partial charge in [0.1, 0.15) is 10.6 Å². The van der Waals surface area contributed by atoms with Gasteiger partial charge in [0.2, 0.25) is 0 Å². The molecule has 0 spiro atoms. The van der Waals surface area contributed by atoms with E-state index >= 15 is 0 Å². The number of nitrogens with two attached hydrogens (primary N) is 1. The molecule has 0 aromatic carbocycles. The van der Waals surface area contributed by atoms with Crippen LogP contribution in [-0.2, 0) is 9.84 Å². The largest absolute Gasteiger partial charge is 0.383 e. The van der Waals surface area contributed by atoms with Gasteiger partial charge in [0.25, 0.3) is 0 Å². The molecular weight excluding hydrogens is 290 g/mol. The Hall–Kier alpha value is -0.860. The zero-order chi connectivity index (χ0) is 12.8. The molecule has 2 N–H and O–H groups in total. The predicted octanol–water partition coefficient (Wildman–Crippen LogP) is 1.55. The maximum absolute atomic E-state index is 11.4. The molecule has 0 saturated carbocycles. The van der Waals surface area contributed by atoms with Crippen molar-refractivity contribution >= 4 is 49.0 Å². The number of thioether (sulfide) groups is 1. The number of nitrogen functional groups attached to an aromatic ring is 1. The highest BCUT2D eigenvalue weighted by Gasteiger charge is 2.29. The highest BCUT2D eigenvalue weighted by atomic mass is 32.2. The van der Waals surface area contributed by atoms with Crippen LogP contribution in [0, 0.1) is 0 Å². The number of hydrogen-bond acceptors (Lipinski definition) is 7. The number of fused-ring (bicyclic) bond motifs is 1. The van der Waals surface area contributed by atoms with Crippen molar-refractivity contribution in [1.82, 2.24) is 9.97 Å². The Balaban J connectivity index is 1.87. The summed E-state index contributed by atoms with van der Waals surface area (Å²) in [5, 5.41) is 3.41. The zero-order valence-electron chi connectivity index (χ0n) is 9.37. The normalized spacial score (nSPS) is 22.6.